The smallest absolute Gasteiger partial charge is 0.260 e. The summed E-state index contributed by atoms with van der Waals surface area (Å²) in [5, 5.41) is 4.39. The van der Waals surface area contributed by atoms with Gasteiger partial charge in [0.25, 0.3) is 0 Å². The Labute approximate surface area is 230 Å². The van der Waals surface area contributed by atoms with Crippen LogP contribution in [0.4, 0.5) is 0 Å². The van der Waals surface area contributed by atoms with Crippen molar-refractivity contribution in [2.24, 2.45) is 0 Å². The standard InChI is InChI=1S/C32H62O5/c1-3-5-7-9-11-13-15-17-19-21-23-25-27-29-31(33)35-37-36-32(34)30-28-26-24-22-20-18-16-14-12-10-8-6-4-2/h3-30H2,1-2H3. The van der Waals surface area contributed by atoms with Crippen LogP contribution in [0.15, 0.2) is 0 Å². The summed E-state index contributed by atoms with van der Waals surface area (Å²) in [6.45, 7) is 4.52. The SMILES string of the molecule is CCCCCCCCCCCCCCCC(=O)OOOC(=O)CCCCCCCCCCCCCCC. The summed E-state index contributed by atoms with van der Waals surface area (Å²) in [7, 11) is 0. The molecule has 0 spiro atoms. The minimum absolute atomic E-state index is 0.300. The molecule has 220 valence electrons. The first-order valence-electron chi connectivity index (χ1n) is 16.3. The lowest BCUT2D eigenvalue weighted by Gasteiger charge is -2.04. The van der Waals surface area contributed by atoms with E-state index in [2.05, 4.69) is 28.7 Å². The summed E-state index contributed by atoms with van der Waals surface area (Å²) in [6.07, 6.45) is 33.4. The number of unbranched alkanes of at least 4 members (excludes halogenated alkanes) is 24. The summed E-state index contributed by atoms with van der Waals surface area (Å²) in [4.78, 5) is 32.5. The zero-order chi connectivity index (χ0) is 27.1. The van der Waals surface area contributed by atoms with Crippen molar-refractivity contribution >= 4 is 11.9 Å². The van der Waals surface area contributed by atoms with Gasteiger partial charge >= 0.3 is 11.9 Å². The second-order valence-corrected chi connectivity index (χ2v) is 11.0. The van der Waals surface area contributed by atoms with Gasteiger partial charge in [0, 0.05) is 17.9 Å². The Bertz CT molecular complexity index is 438. The fraction of sp³-hybridized carbons (Fsp3) is 0.938. The number of rotatable bonds is 30. The van der Waals surface area contributed by atoms with E-state index in [1.165, 1.54) is 128 Å². The molecule has 0 fully saturated rings. The van der Waals surface area contributed by atoms with Crippen LogP contribution in [0.1, 0.15) is 194 Å². The zero-order valence-electron chi connectivity index (χ0n) is 24.8. The second-order valence-electron chi connectivity index (χ2n) is 11.0. The van der Waals surface area contributed by atoms with E-state index >= 15 is 0 Å². The molecule has 0 aliphatic heterocycles. The molecule has 0 N–H and O–H groups in total. The quantitative estimate of drug-likeness (QED) is 0.0529. The highest BCUT2D eigenvalue weighted by Crippen LogP contribution is 2.14. The van der Waals surface area contributed by atoms with Gasteiger partial charge in [-0.25, -0.2) is 9.59 Å². The molecule has 0 rings (SSSR count). The molecule has 0 bridgehead atoms. The van der Waals surface area contributed by atoms with Gasteiger partial charge in [-0.05, 0) is 12.8 Å². The van der Waals surface area contributed by atoms with E-state index in [1.54, 1.807) is 0 Å². The molecule has 0 amide bonds. The maximum Gasteiger partial charge on any atom is 0.346 e. The van der Waals surface area contributed by atoms with E-state index in [0.29, 0.717) is 12.8 Å². The molecule has 0 aromatic rings. The minimum atomic E-state index is -0.475. The van der Waals surface area contributed by atoms with Gasteiger partial charge in [0.2, 0.25) is 0 Å². The summed E-state index contributed by atoms with van der Waals surface area (Å²) in [6, 6.07) is 0. The van der Waals surface area contributed by atoms with E-state index in [9.17, 15) is 9.59 Å². The highest BCUT2D eigenvalue weighted by molar-refractivity contribution is 5.69. The third kappa shape index (κ3) is 31.0. The van der Waals surface area contributed by atoms with Crippen LogP contribution in [0.25, 0.3) is 0 Å². The molecule has 0 aromatic heterocycles. The zero-order valence-corrected chi connectivity index (χ0v) is 24.8. The van der Waals surface area contributed by atoms with Crippen molar-refractivity contribution in [3.05, 3.63) is 0 Å². The number of carbonyl (C=O) groups excluding carboxylic acids is 2. The number of hydrogen-bond acceptors (Lipinski definition) is 5. The molecule has 0 unspecified atom stereocenters. The topological polar surface area (TPSA) is 61.8 Å². The highest BCUT2D eigenvalue weighted by Gasteiger charge is 2.09. The first kappa shape index (κ1) is 35.9. The van der Waals surface area contributed by atoms with E-state index < -0.39 is 11.9 Å². The fourth-order valence-electron chi connectivity index (χ4n) is 4.75. The highest BCUT2D eigenvalue weighted by atomic mass is 17.5. The van der Waals surface area contributed by atoms with Crippen molar-refractivity contribution in [1.29, 1.82) is 0 Å². The Kier molecular flexibility index (Phi) is 30.2. The van der Waals surface area contributed by atoms with Crippen LogP contribution in [0, 0.1) is 0 Å². The molecule has 0 aromatic carbocycles. The van der Waals surface area contributed by atoms with Crippen LogP contribution in [0.3, 0.4) is 0 Å². The first-order valence-corrected chi connectivity index (χ1v) is 16.3. The third-order valence-corrected chi connectivity index (χ3v) is 7.22. The van der Waals surface area contributed by atoms with Crippen molar-refractivity contribution in [3.63, 3.8) is 0 Å². The molecule has 0 radical (unpaired) electrons. The first-order chi connectivity index (χ1) is 18.2. The minimum Gasteiger partial charge on any atom is -0.260 e. The second kappa shape index (κ2) is 31.1. The van der Waals surface area contributed by atoms with Crippen molar-refractivity contribution in [2.75, 3.05) is 0 Å². The average molecular weight is 527 g/mol. The van der Waals surface area contributed by atoms with E-state index in [1.807, 2.05) is 0 Å². The normalized spacial score (nSPS) is 11.1. The van der Waals surface area contributed by atoms with Gasteiger partial charge in [0.1, 0.15) is 0 Å². The molecule has 5 nitrogen and oxygen atoms in total. The summed E-state index contributed by atoms with van der Waals surface area (Å²) in [5.74, 6) is -0.950. The third-order valence-electron chi connectivity index (χ3n) is 7.22. The van der Waals surface area contributed by atoms with Crippen LogP contribution in [-0.4, -0.2) is 11.9 Å². The Morgan fingerprint density at radius 1 is 0.351 bits per heavy atom. The maximum absolute atomic E-state index is 11.7. The van der Waals surface area contributed by atoms with E-state index in [-0.39, 0.29) is 0 Å². The van der Waals surface area contributed by atoms with Crippen molar-refractivity contribution in [1.82, 2.24) is 0 Å². The maximum atomic E-state index is 11.7. The average Bonchev–Trinajstić information content (AvgIpc) is 2.89. The molecular formula is C32H62O5. The molecular weight excluding hydrogens is 464 g/mol. The predicted molar refractivity (Wildman–Crippen MR) is 154 cm³/mol. The molecule has 0 aliphatic rings. The van der Waals surface area contributed by atoms with Gasteiger partial charge in [-0.1, -0.05) is 168 Å². The molecule has 5 heteroatoms. The van der Waals surface area contributed by atoms with Crippen LogP contribution in [0.5, 0.6) is 0 Å². The van der Waals surface area contributed by atoms with Crippen LogP contribution >= 0.6 is 0 Å². The molecule has 0 saturated carbocycles. The molecule has 0 saturated heterocycles. The van der Waals surface area contributed by atoms with Crippen LogP contribution in [-0.2, 0) is 24.4 Å². The van der Waals surface area contributed by atoms with Crippen LogP contribution < -0.4 is 0 Å². The Morgan fingerprint density at radius 3 is 0.811 bits per heavy atom. The van der Waals surface area contributed by atoms with Crippen molar-refractivity contribution in [3.8, 4) is 0 Å². The predicted octanol–water partition coefficient (Wildman–Crippen LogP) is 10.9. The number of hydrogen-bond donors (Lipinski definition) is 0. The van der Waals surface area contributed by atoms with Crippen molar-refractivity contribution < 1.29 is 24.4 Å². The van der Waals surface area contributed by atoms with E-state index in [4.69, 9.17) is 0 Å². The van der Waals surface area contributed by atoms with Gasteiger partial charge in [0.05, 0.1) is 0 Å². The van der Waals surface area contributed by atoms with Gasteiger partial charge < -0.3 is 0 Å². The molecule has 0 atom stereocenters. The van der Waals surface area contributed by atoms with Gasteiger partial charge in [0.15, 0.2) is 0 Å². The monoisotopic (exact) mass is 526 g/mol. The Hall–Kier alpha value is -1.10. The molecule has 0 heterocycles. The summed E-state index contributed by atoms with van der Waals surface area (Å²) in [5.41, 5.74) is 0. The summed E-state index contributed by atoms with van der Waals surface area (Å²) >= 11 is 0. The lowest BCUT2D eigenvalue weighted by atomic mass is 10.0. The fourth-order valence-corrected chi connectivity index (χ4v) is 4.75. The van der Waals surface area contributed by atoms with Gasteiger partial charge in [-0.2, -0.15) is 0 Å². The lowest BCUT2D eigenvalue weighted by Crippen LogP contribution is -2.10. The summed E-state index contributed by atoms with van der Waals surface area (Å²) < 4.78 is 0. The van der Waals surface area contributed by atoms with Gasteiger partial charge in [-0.15, -0.1) is 0 Å². The molecule has 37 heavy (non-hydrogen) atoms. The number of carbonyl (C=O) groups is 2. The van der Waals surface area contributed by atoms with Crippen molar-refractivity contribution in [2.45, 2.75) is 194 Å². The van der Waals surface area contributed by atoms with Gasteiger partial charge in [-0.3, -0.25) is 9.78 Å². The largest absolute Gasteiger partial charge is 0.346 e. The Morgan fingerprint density at radius 2 is 0.568 bits per heavy atom. The van der Waals surface area contributed by atoms with E-state index in [0.717, 1.165) is 38.5 Å². The van der Waals surface area contributed by atoms with Crippen LogP contribution in [0.2, 0.25) is 0 Å². The molecule has 0 aliphatic carbocycles. The lowest BCUT2D eigenvalue weighted by molar-refractivity contribution is -0.459. The Balaban J connectivity index is 3.27.